The molecule has 1 aromatic carbocycles. The molecule has 0 bridgehead atoms. The Bertz CT molecular complexity index is 854. The maximum absolute atomic E-state index is 12.0. The minimum Gasteiger partial charge on any atom is -0.466 e. The molecule has 0 unspecified atom stereocenters. The highest BCUT2D eigenvalue weighted by atomic mass is 79.9. The number of benzene rings is 1. The third kappa shape index (κ3) is 5.36. The van der Waals surface area contributed by atoms with Crippen molar-refractivity contribution < 1.29 is 18.7 Å². The molecule has 1 aliphatic heterocycles. The Hall–Kier alpha value is -1.78. The van der Waals surface area contributed by atoms with Crippen LogP contribution in [0.5, 0.6) is 0 Å². The number of halogens is 1. The van der Waals surface area contributed by atoms with Crippen LogP contribution >= 0.6 is 39.5 Å². The molecule has 2 aromatic rings. The number of hydrogen-bond donors (Lipinski definition) is 0. The standard InChI is InChI=1S/C17H16BrN3O4S2/c1-24-15(23)9-14-21(13(22)10-27-14)7-2-8-26-17-20-19-16(25-17)11-3-5-12(18)6-4-11/h3-6,9H,2,7-8,10H2,1H3/b14-9+. The minimum atomic E-state index is -0.460. The van der Waals surface area contributed by atoms with Crippen LogP contribution in [-0.4, -0.2) is 52.1 Å². The fourth-order valence-electron chi connectivity index (χ4n) is 2.29. The third-order valence-corrected chi connectivity index (χ3v) is 6.06. The van der Waals surface area contributed by atoms with Crippen molar-refractivity contribution in [3.05, 3.63) is 39.8 Å². The van der Waals surface area contributed by atoms with Gasteiger partial charge in [-0.1, -0.05) is 39.5 Å². The number of thioether (sulfide) groups is 2. The molecule has 1 aliphatic rings. The van der Waals surface area contributed by atoms with E-state index in [-0.39, 0.29) is 5.91 Å². The zero-order valence-electron chi connectivity index (χ0n) is 14.4. The van der Waals surface area contributed by atoms with Crippen LogP contribution < -0.4 is 0 Å². The van der Waals surface area contributed by atoms with Crippen molar-refractivity contribution in [2.75, 3.05) is 25.2 Å². The Morgan fingerprint density at radius 2 is 2.19 bits per heavy atom. The van der Waals surface area contributed by atoms with Gasteiger partial charge in [0.1, 0.15) is 0 Å². The van der Waals surface area contributed by atoms with E-state index in [1.807, 2.05) is 24.3 Å². The van der Waals surface area contributed by atoms with Crippen LogP contribution in [0.15, 0.2) is 49.5 Å². The van der Waals surface area contributed by atoms with Crippen molar-refractivity contribution in [3.63, 3.8) is 0 Å². The molecule has 7 nitrogen and oxygen atoms in total. The minimum absolute atomic E-state index is 0.00420. The Morgan fingerprint density at radius 1 is 1.41 bits per heavy atom. The summed E-state index contributed by atoms with van der Waals surface area (Å²) in [5.74, 6) is 1.06. The summed E-state index contributed by atoms with van der Waals surface area (Å²) in [4.78, 5) is 25.0. The summed E-state index contributed by atoms with van der Waals surface area (Å²) in [6.07, 6.45) is 2.08. The molecule has 2 heterocycles. The lowest BCUT2D eigenvalue weighted by molar-refractivity contribution is -0.134. The van der Waals surface area contributed by atoms with E-state index in [2.05, 4.69) is 30.9 Å². The lowest BCUT2D eigenvalue weighted by Gasteiger charge is -2.16. The fourth-order valence-corrected chi connectivity index (χ4v) is 4.19. The fraction of sp³-hybridized carbons (Fsp3) is 0.294. The third-order valence-electron chi connectivity index (χ3n) is 3.60. The normalized spacial score (nSPS) is 15.6. The van der Waals surface area contributed by atoms with Crippen LogP contribution in [0, 0.1) is 0 Å². The van der Waals surface area contributed by atoms with Gasteiger partial charge >= 0.3 is 5.97 Å². The number of methoxy groups -OCH3 is 1. The van der Waals surface area contributed by atoms with Crippen LogP contribution in [0.3, 0.4) is 0 Å². The second-order valence-corrected chi connectivity index (χ2v) is 8.38. The van der Waals surface area contributed by atoms with Crippen molar-refractivity contribution in [3.8, 4) is 11.5 Å². The molecule has 0 saturated carbocycles. The number of nitrogens with zero attached hydrogens (tertiary/aromatic N) is 3. The number of rotatable bonds is 7. The number of esters is 1. The van der Waals surface area contributed by atoms with Crippen molar-refractivity contribution >= 4 is 51.3 Å². The first-order valence-corrected chi connectivity index (χ1v) is 10.8. The van der Waals surface area contributed by atoms with Crippen LogP contribution in [0.1, 0.15) is 6.42 Å². The lowest BCUT2D eigenvalue weighted by Crippen LogP contribution is -2.26. The Balaban J connectivity index is 1.50. The van der Waals surface area contributed by atoms with Gasteiger partial charge in [-0.15, -0.1) is 10.2 Å². The van der Waals surface area contributed by atoms with Gasteiger partial charge in [-0.05, 0) is 30.7 Å². The van der Waals surface area contributed by atoms with Gasteiger partial charge in [0.15, 0.2) is 0 Å². The van der Waals surface area contributed by atoms with Gasteiger partial charge in [-0.2, -0.15) is 0 Å². The molecule has 0 radical (unpaired) electrons. The highest BCUT2D eigenvalue weighted by Gasteiger charge is 2.26. The summed E-state index contributed by atoms with van der Waals surface area (Å²) in [6.45, 7) is 0.523. The number of ether oxygens (including phenoxy) is 1. The Labute approximate surface area is 173 Å². The predicted octanol–water partition coefficient (Wildman–Crippen LogP) is 3.57. The first-order valence-electron chi connectivity index (χ1n) is 8.02. The number of carbonyl (C=O) groups is 2. The molecule has 1 aromatic heterocycles. The smallest absolute Gasteiger partial charge is 0.333 e. The van der Waals surface area contributed by atoms with E-state index in [0.717, 1.165) is 16.5 Å². The molecular weight excluding hydrogens is 454 g/mol. The highest BCUT2D eigenvalue weighted by molar-refractivity contribution is 9.10. The Kier molecular flexibility index (Phi) is 6.97. The summed E-state index contributed by atoms with van der Waals surface area (Å²) in [7, 11) is 1.31. The molecule has 0 N–H and O–H groups in total. The van der Waals surface area contributed by atoms with Gasteiger partial charge in [-0.25, -0.2) is 4.79 Å². The van der Waals surface area contributed by atoms with Gasteiger partial charge in [0.25, 0.3) is 5.22 Å². The molecule has 10 heteroatoms. The van der Waals surface area contributed by atoms with E-state index in [1.54, 1.807) is 4.90 Å². The van der Waals surface area contributed by atoms with Gasteiger partial charge in [0, 0.05) is 22.3 Å². The lowest BCUT2D eigenvalue weighted by atomic mass is 10.2. The van der Waals surface area contributed by atoms with Crippen molar-refractivity contribution in [2.45, 2.75) is 11.6 Å². The first-order chi connectivity index (χ1) is 13.1. The van der Waals surface area contributed by atoms with E-state index in [9.17, 15) is 9.59 Å². The number of amides is 1. The van der Waals surface area contributed by atoms with Gasteiger partial charge in [0.05, 0.1) is 24.0 Å². The molecule has 0 aliphatic carbocycles. The SMILES string of the molecule is COC(=O)/C=C1/SCC(=O)N1CCCSc1nnc(-c2ccc(Br)cc2)o1. The van der Waals surface area contributed by atoms with E-state index in [4.69, 9.17) is 4.42 Å². The molecule has 0 spiro atoms. The van der Waals surface area contributed by atoms with Crippen LogP contribution in [0.2, 0.25) is 0 Å². The van der Waals surface area contributed by atoms with Crippen molar-refractivity contribution in [2.24, 2.45) is 0 Å². The molecule has 1 fully saturated rings. The summed E-state index contributed by atoms with van der Waals surface area (Å²) >= 11 is 6.17. The molecule has 142 valence electrons. The average Bonchev–Trinajstić information content (AvgIpc) is 3.27. The van der Waals surface area contributed by atoms with Gasteiger partial charge < -0.3 is 14.1 Å². The zero-order chi connectivity index (χ0) is 19.2. The maximum atomic E-state index is 12.0. The average molecular weight is 470 g/mol. The molecule has 0 atom stereocenters. The number of aromatic nitrogens is 2. The summed E-state index contributed by atoms with van der Waals surface area (Å²) in [6, 6.07) is 7.63. The molecule has 1 amide bonds. The molecule has 1 saturated heterocycles. The first kappa shape index (κ1) is 20.0. The molecular formula is C17H16BrN3O4S2. The van der Waals surface area contributed by atoms with E-state index < -0.39 is 5.97 Å². The van der Waals surface area contributed by atoms with E-state index in [1.165, 1.54) is 36.7 Å². The van der Waals surface area contributed by atoms with Crippen molar-refractivity contribution in [1.29, 1.82) is 0 Å². The number of carbonyl (C=O) groups excluding carboxylic acids is 2. The van der Waals surface area contributed by atoms with Gasteiger partial charge in [0.2, 0.25) is 11.8 Å². The predicted molar refractivity (Wildman–Crippen MR) is 107 cm³/mol. The van der Waals surface area contributed by atoms with Crippen LogP contribution in [-0.2, 0) is 14.3 Å². The van der Waals surface area contributed by atoms with Crippen LogP contribution in [0.25, 0.3) is 11.5 Å². The largest absolute Gasteiger partial charge is 0.466 e. The quantitative estimate of drug-likeness (QED) is 0.263. The molecule has 27 heavy (non-hydrogen) atoms. The van der Waals surface area contributed by atoms with Crippen LogP contribution in [0.4, 0.5) is 0 Å². The second kappa shape index (κ2) is 9.43. The van der Waals surface area contributed by atoms with Gasteiger partial charge in [-0.3, -0.25) is 4.79 Å². The van der Waals surface area contributed by atoms with Crippen molar-refractivity contribution in [1.82, 2.24) is 15.1 Å². The topological polar surface area (TPSA) is 85.5 Å². The molecule has 3 rings (SSSR count). The zero-order valence-corrected chi connectivity index (χ0v) is 17.6. The summed E-state index contributed by atoms with van der Waals surface area (Å²) in [5, 5.41) is 9.22. The highest BCUT2D eigenvalue weighted by Crippen LogP contribution is 2.30. The second-order valence-electron chi connectivity index (χ2n) is 5.42. The summed E-state index contributed by atoms with van der Waals surface area (Å²) < 4.78 is 11.3. The van der Waals surface area contributed by atoms with E-state index >= 15 is 0 Å². The number of hydrogen-bond acceptors (Lipinski definition) is 8. The maximum Gasteiger partial charge on any atom is 0.333 e. The van der Waals surface area contributed by atoms with E-state index in [0.29, 0.717) is 34.2 Å². The monoisotopic (exact) mass is 469 g/mol. The summed E-state index contributed by atoms with van der Waals surface area (Å²) in [5.41, 5.74) is 0.856. The Morgan fingerprint density at radius 3 is 2.93 bits per heavy atom.